The zero-order valence-electron chi connectivity index (χ0n) is 11.9. The maximum absolute atomic E-state index is 12.4. The van der Waals surface area contributed by atoms with Crippen LogP contribution in [0, 0.1) is 0 Å². The van der Waals surface area contributed by atoms with Crippen molar-refractivity contribution in [2.24, 2.45) is 0 Å². The zero-order valence-corrected chi connectivity index (χ0v) is 12.7. The van der Waals surface area contributed by atoms with Gasteiger partial charge in [0, 0.05) is 13.2 Å². The van der Waals surface area contributed by atoms with E-state index in [1.54, 1.807) is 41.6 Å². The molecule has 21 heavy (non-hydrogen) atoms. The summed E-state index contributed by atoms with van der Waals surface area (Å²) < 4.78 is 1.14. The quantitative estimate of drug-likeness (QED) is 0.743. The molecule has 5 heteroatoms. The summed E-state index contributed by atoms with van der Waals surface area (Å²) in [6.07, 6.45) is 1.63. The number of carbonyl (C=O) groups excluding carboxylic acids is 1. The largest absolute Gasteiger partial charge is 0.331 e. The van der Waals surface area contributed by atoms with Crippen molar-refractivity contribution in [3.8, 4) is 0 Å². The van der Waals surface area contributed by atoms with Crippen LogP contribution in [-0.4, -0.2) is 27.8 Å². The van der Waals surface area contributed by atoms with E-state index < -0.39 is 0 Å². The van der Waals surface area contributed by atoms with Crippen molar-refractivity contribution in [1.29, 1.82) is 0 Å². The van der Waals surface area contributed by atoms with Crippen LogP contribution in [0.15, 0.2) is 48.7 Å². The first kappa shape index (κ1) is 13.7. The van der Waals surface area contributed by atoms with Gasteiger partial charge in [0.25, 0.3) is 5.91 Å². The number of nitrogens with zero attached hydrogens (tertiary/aromatic N) is 3. The van der Waals surface area contributed by atoms with E-state index >= 15 is 0 Å². The van der Waals surface area contributed by atoms with E-state index in [-0.39, 0.29) is 11.9 Å². The molecule has 0 saturated heterocycles. The first-order valence-electron chi connectivity index (χ1n) is 6.70. The number of pyridine rings is 1. The van der Waals surface area contributed by atoms with E-state index in [2.05, 4.69) is 9.97 Å². The molecule has 0 N–H and O–H groups in total. The molecule has 1 amide bonds. The maximum Gasteiger partial charge on any atom is 0.272 e. The molecule has 3 aromatic rings. The standard InChI is InChI=1S/C16H15N3OS/c1-11(15-18-12-7-3-4-9-14(12)21-15)19(2)16(20)13-8-5-6-10-17-13/h3-11H,1-2H3/t11-/m0/s1. The molecule has 0 radical (unpaired) electrons. The van der Waals surface area contributed by atoms with E-state index in [9.17, 15) is 4.79 Å². The van der Waals surface area contributed by atoms with E-state index in [4.69, 9.17) is 0 Å². The number of hydrogen-bond acceptors (Lipinski definition) is 4. The summed E-state index contributed by atoms with van der Waals surface area (Å²) in [5.74, 6) is -0.0950. The topological polar surface area (TPSA) is 46.1 Å². The molecule has 2 heterocycles. The van der Waals surface area contributed by atoms with Crippen LogP contribution in [0.5, 0.6) is 0 Å². The average molecular weight is 297 g/mol. The molecule has 0 saturated carbocycles. The number of aromatic nitrogens is 2. The summed E-state index contributed by atoms with van der Waals surface area (Å²) in [5.41, 5.74) is 1.43. The molecule has 0 fully saturated rings. The average Bonchev–Trinajstić information content (AvgIpc) is 2.97. The SMILES string of the molecule is C[C@@H](c1nc2ccccc2s1)N(C)C(=O)c1ccccn1. The number of carbonyl (C=O) groups is 1. The minimum atomic E-state index is -0.0950. The minimum Gasteiger partial charge on any atom is -0.331 e. The fourth-order valence-corrected chi connectivity index (χ4v) is 3.14. The molecule has 0 unspecified atom stereocenters. The normalized spacial score (nSPS) is 12.3. The smallest absolute Gasteiger partial charge is 0.272 e. The summed E-state index contributed by atoms with van der Waals surface area (Å²) in [7, 11) is 1.79. The van der Waals surface area contributed by atoms with Crippen molar-refractivity contribution < 1.29 is 4.79 Å². The predicted octanol–water partition coefficient (Wildman–Crippen LogP) is 3.52. The molecule has 0 aliphatic carbocycles. The van der Waals surface area contributed by atoms with Gasteiger partial charge in [-0.15, -0.1) is 11.3 Å². The molecule has 0 spiro atoms. The Labute approximate surface area is 127 Å². The second kappa shape index (κ2) is 5.61. The van der Waals surface area contributed by atoms with Crippen molar-refractivity contribution in [3.05, 3.63) is 59.4 Å². The molecule has 4 nitrogen and oxygen atoms in total. The second-order valence-electron chi connectivity index (χ2n) is 4.83. The van der Waals surface area contributed by atoms with Gasteiger partial charge in [-0.3, -0.25) is 9.78 Å². The molecule has 0 bridgehead atoms. The van der Waals surface area contributed by atoms with Gasteiger partial charge in [-0.05, 0) is 31.2 Å². The van der Waals surface area contributed by atoms with Crippen LogP contribution in [0.1, 0.15) is 28.5 Å². The van der Waals surface area contributed by atoms with Crippen LogP contribution in [0.25, 0.3) is 10.2 Å². The van der Waals surface area contributed by atoms with Crippen molar-refractivity contribution in [2.75, 3.05) is 7.05 Å². The van der Waals surface area contributed by atoms with Crippen LogP contribution < -0.4 is 0 Å². The Balaban J connectivity index is 1.87. The molecule has 0 aliphatic heterocycles. The van der Waals surface area contributed by atoms with E-state index in [1.807, 2.05) is 37.3 Å². The molecular formula is C16H15N3OS. The first-order chi connectivity index (χ1) is 10.2. The van der Waals surface area contributed by atoms with Gasteiger partial charge in [0.2, 0.25) is 0 Å². The fourth-order valence-electron chi connectivity index (χ4n) is 2.08. The monoisotopic (exact) mass is 297 g/mol. The molecule has 2 aromatic heterocycles. The van der Waals surface area contributed by atoms with Gasteiger partial charge in [0.1, 0.15) is 10.7 Å². The zero-order chi connectivity index (χ0) is 14.8. The van der Waals surface area contributed by atoms with E-state index in [1.165, 1.54) is 0 Å². The van der Waals surface area contributed by atoms with Crippen molar-refractivity contribution >= 4 is 27.5 Å². The summed E-state index contributed by atoms with van der Waals surface area (Å²) >= 11 is 1.62. The van der Waals surface area contributed by atoms with Gasteiger partial charge < -0.3 is 4.90 Å². The molecule has 3 rings (SSSR count). The number of benzene rings is 1. The number of amides is 1. The Kier molecular flexibility index (Phi) is 3.66. The fraction of sp³-hybridized carbons (Fsp3) is 0.188. The highest BCUT2D eigenvalue weighted by atomic mass is 32.1. The summed E-state index contributed by atoms with van der Waals surface area (Å²) in [5, 5.41) is 0.933. The van der Waals surface area contributed by atoms with Gasteiger partial charge in [0.15, 0.2) is 0 Å². The van der Waals surface area contributed by atoms with Crippen LogP contribution in [0.4, 0.5) is 0 Å². The predicted molar refractivity (Wildman–Crippen MR) is 84.4 cm³/mol. The molecule has 106 valence electrons. The Morgan fingerprint density at radius 1 is 1.19 bits per heavy atom. The van der Waals surface area contributed by atoms with Crippen molar-refractivity contribution in [1.82, 2.24) is 14.9 Å². The molecule has 1 aromatic carbocycles. The third-order valence-corrected chi connectivity index (χ3v) is 4.66. The van der Waals surface area contributed by atoms with Gasteiger partial charge in [-0.25, -0.2) is 4.98 Å². The van der Waals surface area contributed by atoms with Crippen molar-refractivity contribution in [3.63, 3.8) is 0 Å². The molecule has 1 atom stereocenters. The third kappa shape index (κ3) is 2.64. The number of hydrogen-bond donors (Lipinski definition) is 0. The highest BCUT2D eigenvalue weighted by molar-refractivity contribution is 7.18. The summed E-state index contributed by atoms with van der Waals surface area (Å²) in [4.78, 5) is 22.8. The minimum absolute atomic E-state index is 0.0862. The van der Waals surface area contributed by atoms with E-state index in [0.717, 1.165) is 15.2 Å². The third-order valence-electron chi connectivity index (χ3n) is 3.45. The summed E-state index contributed by atoms with van der Waals surface area (Å²) in [6.45, 7) is 1.98. The van der Waals surface area contributed by atoms with Gasteiger partial charge in [0.05, 0.1) is 16.3 Å². The lowest BCUT2D eigenvalue weighted by molar-refractivity contribution is 0.0736. The van der Waals surface area contributed by atoms with Crippen LogP contribution in [0.3, 0.4) is 0 Å². The Hall–Kier alpha value is -2.27. The Morgan fingerprint density at radius 3 is 2.67 bits per heavy atom. The lowest BCUT2D eigenvalue weighted by atomic mass is 10.2. The Bertz CT molecular complexity index is 736. The van der Waals surface area contributed by atoms with Crippen LogP contribution in [-0.2, 0) is 0 Å². The number of rotatable bonds is 3. The first-order valence-corrected chi connectivity index (χ1v) is 7.52. The van der Waals surface area contributed by atoms with Crippen molar-refractivity contribution in [2.45, 2.75) is 13.0 Å². The number of fused-ring (bicyclic) bond motifs is 1. The second-order valence-corrected chi connectivity index (χ2v) is 5.89. The van der Waals surface area contributed by atoms with Crippen LogP contribution >= 0.6 is 11.3 Å². The molecular weight excluding hydrogens is 282 g/mol. The van der Waals surface area contributed by atoms with E-state index in [0.29, 0.717) is 5.69 Å². The van der Waals surface area contributed by atoms with Gasteiger partial charge >= 0.3 is 0 Å². The number of para-hydroxylation sites is 1. The highest BCUT2D eigenvalue weighted by Gasteiger charge is 2.22. The Morgan fingerprint density at radius 2 is 1.95 bits per heavy atom. The lowest BCUT2D eigenvalue weighted by Crippen LogP contribution is -2.30. The molecule has 0 aliphatic rings. The lowest BCUT2D eigenvalue weighted by Gasteiger charge is -2.22. The van der Waals surface area contributed by atoms with Gasteiger partial charge in [-0.2, -0.15) is 0 Å². The maximum atomic E-state index is 12.4. The number of thiazole rings is 1. The van der Waals surface area contributed by atoms with Crippen LogP contribution in [0.2, 0.25) is 0 Å². The highest BCUT2D eigenvalue weighted by Crippen LogP contribution is 2.29. The van der Waals surface area contributed by atoms with Gasteiger partial charge in [-0.1, -0.05) is 18.2 Å². The summed E-state index contributed by atoms with van der Waals surface area (Å²) in [6, 6.07) is 13.3.